The number of fused-ring (bicyclic) bond motifs is 2. The molecule has 28 heavy (non-hydrogen) atoms. The van der Waals surface area contributed by atoms with E-state index < -0.39 is 28.7 Å². The largest absolute Gasteiger partial charge is 0.438 e. The molecule has 146 valence electrons. The maximum absolute atomic E-state index is 13.4. The number of carbonyl (C=O) groups excluding carboxylic acids is 2. The number of hydrogen-bond donors (Lipinski definition) is 0. The van der Waals surface area contributed by atoms with Gasteiger partial charge in [-0.3, -0.25) is 9.59 Å². The fourth-order valence-corrected chi connectivity index (χ4v) is 5.98. The molecule has 0 N–H and O–H groups in total. The van der Waals surface area contributed by atoms with Gasteiger partial charge in [0.05, 0.1) is 11.4 Å². The average Bonchev–Trinajstić information content (AvgIpc) is 3.26. The zero-order chi connectivity index (χ0) is 20.0. The first kappa shape index (κ1) is 19.1. The van der Waals surface area contributed by atoms with Gasteiger partial charge in [0.1, 0.15) is 0 Å². The summed E-state index contributed by atoms with van der Waals surface area (Å²) in [5, 5.41) is 0. The third-order valence-corrected chi connectivity index (χ3v) is 7.71. The minimum atomic E-state index is -1.46. The molecule has 8 nitrogen and oxygen atoms in total. The van der Waals surface area contributed by atoms with Gasteiger partial charge in [-0.25, -0.2) is 18.7 Å². The Morgan fingerprint density at radius 2 is 1.07 bits per heavy atom. The summed E-state index contributed by atoms with van der Waals surface area (Å²) in [5.74, 6) is -0.0911. The van der Waals surface area contributed by atoms with Gasteiger partial charge in [-0.2, -0.15) is 0 Å². The summed E-state index contributed by atoms with van der Waals surface area (Å²) < 4.78 is 18.4. The van der Waals surface area contributed by atoms with Crippen LogP contribution in [0.1, 0.15) is 0 Å². The molecular formula is C18H20N4O4P2. The SMILES string of the molecule is CN(C)P1Oc2ccccc2N1C(=O)C(=O)N1c2ccccc2OP1N(C)C. The van der Waals surface area contributed by atoms with Gasteiger partial charge in [-0.15, -0.1) is 0 Å². The topological polar surface area (TPSA) is 65.6 Å². The van der Waals surface area contributed by atoms with Crippen LogP contribution >= 0.6 is 16.9 Å². The molecule has 2 amide bonds. The van der Waals surface area contributed by atoms with Crippen molar-refractivity contribution < 1.29 is 18.6 Å². The predicted molar refractivity (Wildman–Crippen MR) is 110 cm³/mol. The summed E-state index contributed by atoms with van der Waals surface area (Å²) in [5.41, 5.74) is 1.20. The predicted octanol–water partition coefficient (Wildman–Crippen LogP) is 3.41. The van der Waals surface area contributed by atoms with Gasteiger partial charge >= 0.3 is 11.8 Å². The Hall–Kier alpha value is -2.24. The molecule has 2 aromatic rings. The maximum Gasteiger partial charge on any atom is 0.324 e. The molecule has 0 bridgehead atoms. The summed E-state index contributed by atoms with van der Waals surface area (Å²) in [4.78, 5) is 26.7. The second-order valence-corrected chi connectivity index (χ2v) is 10.3. The molecule has 2 aromatic carbocycles. The Bertz CT molecular complexity index is 864. The highest BCUT2D eigenvalue weighted by Gasteiger charge is 2.47. The van der Waals surface area contributed by atoms with Crippen LogP contribution < -0.4 is 18.4 Å². The Balaban J connectivity index is 1.72. The summed E-state index contributed by atoms with van der Waals surface area (Å²) >= 11 is 0. The van der Waals surface area contributed by atoms with Gasteiger partial charge in [0.25, 0.3) is 16.9 Å². The molecule has 10 heteroatoms. The fourth-order valence-electron chi connectivity index (χ4n) is 2.94. The van der Waals surface area contributed by atoms with Crippen LogP contribution in [-0.4, -0.2) is 49.3 Å². The standard InChI is InChI=1S/C18H20N4O4P2/c1-19(2)27-21(13-9-5-7-11-15(13)25-27)17(23)18(24)22-14-10-6-8-12-16(14)26-28(22)20(3)4/h5-12H,1-4H3. The number of anilines is 2. The molecule has 0 aliphatic carbocycles. The number of nitrogens with zero attached hydrogens (tertiary/aromatic N) is 4. The molecule has 4 rings (SSSR count). The third kappa shape index (κ3) is 3.03. The van der Waals surface area contributed by atoms with Crippen molar-refractivity contribution in [3.8, 4) is 11.5 Å². The van der Waals surface area contributed by atoms with Crippen LogP contribution in [0.2, 0.25) is 0 Å². The minimum absolute atomic E-state index is 0.594. The molecule has 0 aromatic heterocycles. The van der Waals surface area contributed by atoms with Crippen LogP contribution in [0, 0.1) is 0 Å². The van der Waals surface area contributed by atoms with Crippen LogP contribution in [-0.2, 0) is 9.59 Å². The smallest absolute Gasteiger partial charge is 0.324 e. The summed E-state index contributed by atoms with van der Waals surface area (Å²) in [6.07, 6.45) is 0. The molecular weight excluding hydrogens is 398 g/mol. The quantitative estimate of drug-likeness (QED) is 0.550. The Morgan fingerprint density at radius 3 is 1.43 bits per heavy atom. The number of rotatable bonds is 2. The number of amides is 2. The highest BCUT2D eigenvalue weighted by molar-refractivity contribution is 7.55. The van der Waals surface area contributed by atoms with Crippen molar-refractivity contribution in [2.45, 2.75) is 0 Å². The van der Waals surface area contributed by atoms with E-state index in [2.05, 4.69) is 0 Å². The van der Waals surface area contributed by atoms with E-state index >= 15 is 0 Å². The van der Waals surface area contributed by atoms with Crippen molar-refractivity contribution in [2.24, 2.45) is 0 Å². The van der Waals surface area contributed by atoms with Gasteiger partial charge in [0.2, 0.25) is 0 Å². The number of para-hydroxylation sites is 4. The monoisotopic (exact) mass is 418 g/mol. The Kier molecular flexibility index (Phi) is 4.98. The summed E-state index contributed by atoms with van der Waals surface area (Å²) in [7, 11) is 4.38. The van der Waals surface area contributed by atoms with Crippen LogP contribution in [0.5, 0.6) is 11.5 Å². The maximum atomic E-state index is 13.4. The number of benzene rings is 2. The van der Waals surface area contributed by atoms with Crippen LogP contribution in [0.4, 0.5) is 11.4 Å². The lowest BCUT2D eigenvalue weighted by Gasteiger charge is -2.29. The molecule has 2 unspecified atom stereocenters. The number of hydrogen-bond acceptors (Lipinski definition) is 6. The van der Waals surface area contributed by atoms with E-state index in [1.54, 1.807) is 24.3 Å². The van der Waals surface area contributed by atoms with E-state index in [1.807, 2.05) is 61.8 Å². The van der Waals surface area contributed by atoms with Gasteiger partial charge in [0, 0.05) is 0 Å². The van der Waals surface area contributed by atoms with E-state index in [9.17, 15) is 9.59 Å². The Labute approximate surface area is 166 Å². The van der Waals surface area contributed by atoms with E-state index in [1.165, 1.54) is 9.34 Å². The number of carbonyl (C=O) groups is 2. The lowest BCUT2D eigenvalue weighted by Crippen LogP contribution is -2.42. The van der Waals surface area contributed by atoms with Crippen molar-refractivity contribution in [3.05, 3.63) is 48.5 Å². The zero-order valence-corrected chi connectivity index (χ0v) is 17.7. The highest BCUT2D eigenvalue weighted by atomic mass is 31.2. The first-order valence-corrected chi connectivity index (χ1v) is 10.9. The van der Waals surface area contributed by atoms with Crippen molar-refractivity contribution in [3.63, 3.8) is 0 Å². The van der Waals surface area contributed by atoms with E-state index in [-0.39, 0.29) is 0 Å². The third-order valence-electron chi connectivity index (χ3n) is 4.14. The molecule has 2 aliphatic rings. The van der Waals surface area contributed by atoms with Crippen molar-refractivity contribution in [1.82, 2.24) is 9.34 Å². The van der Waals surface area contributed by atoms with E-state index in [0.717, 1.165) is 0 Å². The molecule has 0 fully saturated rings. The summed E-state index contributed by atoms with van der Waals surface area (Å²) in [6.45, 7) is 0. The molecule has 2 heterocycles. The molecule has 0 spiro atoms. The second kappa shape index (κ2) is 7.30. The second-order valence-electron chi connectivity index (χ2n) is 6.55. The van der Waals surface area contributed by atoms with Gasteiger partial charge in [-0.1, -0.05) is 24.3 Å². The molecule has 0 saturated carbocycles. The van der Waals surface area contributed by atoms with Crippen LogP contribution in [0.3, 0.4) is 0 Å². The first-order chi connectivity index (χ1) is 13.4. The van der Waals surface area contributed by atoms with Crippen molar-refractivity contribution in [2.75, 3.05) is 37.5 Å². The lowest BCUT2D eigenvalue weighted by atomic mass is 10.2. The molecule has 2 atom stereocenters. The summed E-state index contributed by atoms with van der Waals surface area (Å²) in [6, 6.07) is 14.5. The average molecular weight is 418 g/mol. The van der Waals surface area contributed by atoms with E-state index in [0.29, 0.717) is 22.9 Å². The molecule has 0 saturated heterocycles. The molecule has 2 aliphatic heterocycles. The normalized spacial score (nSPS) is 20.1. The fraction of sp³-hybridized carbons (Fsp3) is 0.222. The Morgan fingerprint density at radius 1 is 0.714 bits per heavy atom. The van der Waals surface area contributed by atoms with E-state index in [4.69, 9.17) is 9.05 Å². The minimum Gasteiger partial charge on any atom is -0.438 e. The molecule has 0 radical (unpaired) electrons. The van der Waals surface area contributed by atoms with Crippen LogP contribution in [0.15, 0.2) is 48.5 Å². The first-order valence-electron chi connectivity index (χ1n) is 8.57. The lowest BCUT2D eigenvalue weighted by molar-refractivity contribution is -0.134. The van der Waals surface area contributed by atoms with Gasteiger partial charge in [-0.05, 0) is 52.5 Å². The van der Waals surface area contributed by atoms with Crippen molar-refractivity contribution >= 4 is 40.1 Å². The van der Waals surface area contributed by atoms with Gasteiger partial charge < -0.3 is 9.05 Å². The van der Waals surface area contributed by atoms with Crippen molar-refractivity contribution in [1.29, 1.82) is 0 Å². The highest BCUT2D eigenvalue weighted by Crippen LogP contribution is 2.59. The zero-order valence-electron chi connectivity index (χ0n) is 15.9. The van der Waals surface area contributed by atoms with Crippen LogP contribution in [0.25, 0.3) is 0 Å². The van der Waals surface area contributed by atoms with Gasteiger partial charge in [0.15, 0.2) is 11.5 Å².